The summed E-state index contributed by atoms with van der Waals surface area (Å²) in [6, 6.07) is 5.56. The van der Waals surface area contributed by atoms with Crippen molar-refractivity contribution in [1.29, 1.82) is 0 Å². The number of hydrogen-bond acceptors (Lipinski definition) is 4. The zero-order valence-corrected chi connectivity index (χ0v) is 13.4. The van der Waals surface area contributed by atoms with Crippen LogP contribution in [0, 0.1) is 0 Å². The molecule has 1 saturated heterocycles. The van der Waals surface area contributed by atoms with Gasteiger partial charge in [0.2, 0.25) is 0 Å². The van der Waals surface area contributed by atoms with E-state index < -0.39 is 10.8 Å². The van der Waals surface area contributed by atoms with Crippen molar-refractivity contribution in [2.45, 2.75) is 30.9 Å². The molecule has 20 heavy (non-hydrogen) atoms. The molecule has 0 saturated carbocycles. The molecule has 112 valence electrons. The third kappa shape index (κ3) is 3.95. The molecule has 0 bridgehead atoms. The maximum Gasteiger partial charge on any atom is 0.0821 e. The first-order valence-electron chi connectivity index (χ1n) is 6.76. The fourth-order valence-corrected chi connectivity index (χ4v) is 3.91. The van der Waals surface area contributed by atoms with Crippen LogP contribution in [-0.2, 0) is 15.5 Å². The van der Waals surface area contributed by atoms with Gasteiger partial charge < -0.3 is 10.5 Å². The zero-order valence-electron chi connectivity index (χ0n) is 11.8. The first kappa shape index (κ1) is 15.8. The molecule has 1 fully saturated rings. The van der Waals surface area contributed by atoms with Gasteiger partial charge in [-0.3, -0.25) is 9.11 Å². The molecular weight excluding hydrogens is 296 g/mol. The van der Waals surface area contributed by atoms with Crippen molar-refractivity contribution in [3.63, 3.8) is 0 Å². The molecule has 0 amide bonds. The lowest BCUT2D eigenvalue weighted by atomic mass is 10.2. The lowest BCUT2D eigenvalue weighted by Crippen LogP contribution is -2.47. The number of nitrogens with zero attached hydrogens (tertiary/aromatic N) is 1. The number of nitrogen functional groups attached to an aromatic ring is 1. The quantitative estimate of drug-likeness (QED) is 0.865. The Bertz CT molecular complexity index is 496. The van der Waals surface area contributed by atoms with Crippen LogP contribution < -0.4 is 5.73 Å². The van der Waals surface area contributed by atoms with Crippen LogP contribution >= 0.6 is 11.6 Å². The van der Waals surface area contributed by atoms with Crippen LogP contribution in [0.5, 0.6) is 0 Å². The maximum atomic E-state index is 12.4. The van der Waals surface area contributed by atoms with Gasteiger partial charge >= 0.3 is 0 Å². The van der Waals surface area contributed by atoms with Crippen molar-refractivity contribution in [1.82, 2.24) is 4.90 Å². The summed E-state index contributed by atoms with van der Waals surface area (Å²) in [6.07, 6.45) is -0.0236. The molecule has 0 aromatic heterocycles. The average molecular weight is 317 g/mol. The number of nitrogens with two attached hydrogens (primary N) is 1. The summed E-state index contributed by atoms with van der Waals surface area (Å²) in [5.41, 5.74) is 6.30. The van der Waals surface area contributed by atoms with Gasteiger partial charge in [0.25, 0.3) is 0 Å². The summed E-state index contributed by atoms with van der Waals surface area (Å²) in [4.78, 5) is 2.93. The largest absolute Gasteiger partial charge is 0.399 e. The average Bonchev–Trinajstić information content (AvgIpc) is 2.41. The smallest absolute Gasteiger partial charge is 0.0821 e. The van der Waals surface area contributed by atoms with Gasteiger partial charge in [-0.2, -0.15) is 0 Å². The van der Waals surface area contributed by atoms with E-state index >= 15 is 0 Å². The van der Waals surface area contributed by atoms with Crippen LogP contribution in [0.1, 0.15) is 13.8 Å². The van der Waals surface area contributed by atoms with Crippen LogP contribution in [-0.4, -0.2) is 46.7 Å². The monoisotopic (exact) mass is 316 g/mol. The number of morpholine rings is 1. The Morgan fingerprint density at radius 2 is 2.30 bits per heavy atom. The first-order chi connectivity index (χ1) is 9.47. The lowest BCUT2D eigenvalue weighted by molar-refractivity contribution is -0.0268. The Morgan fingerprint density at radius 3 is 3.00 bits per heavy atom. The number of rotatable bonds is 4. The Labute approximate surface area is 127 Å². The highest BCUT2D eigenvalue weighted by Gasteiger charge is 2.24. The van der Waals surface area contributed by atoms with Gasteiger partial charge in [0.15, 0.2) is 0 Å². The molecule has 2 atom stereocenters. The van der Waals surface area contributed by atoms with E-state index in [1.807, 2.05) is 0 Å². The van der Waals surface area contributed by atoms with E-state index in [2.05, 4.69) is 18.7 Å². The lowest BCUT2D eigenvalue weighted by Gasteiger charge is -2.35. The van der Waals surface area contributed by atoms with Crippen LogP contribution in [0.25, 0.3) is 0 Å². The molecule has 0 spiro atoms. The summed E-state index contributed by atoms with van der Waals surface area (Å²) in [5, 5.41) is 0.494. The summed E-state index contributed by atoms with van der Waals surface area (Å²) in [6.45, 7) is 6.75. The van der Waals surface area contributed by atoms with Gasteiger partial charge in [0.1, 0.15) is 0 Å². The zero-order chi connectivity index (χ0) is 14.7. The highest BCUT2D eigenvalue weighted by Crippen LogP contribution is 2.23. The van der Waals surface area contributed by atoms with Crippen LogP contribution in [0.15, 0.2) is 23.1 Å². The third-order valence-corrected chi connectivity index (χ3v) is 5.38. The minimum Gasteiger partial charge on any atom is -0.399 e. The van der Waals surface area contributed by atoms with Gasteiger partial charge in [-0.15, -0.1) is 0 Å². The summed E-state index contributed by atoms with van der Waals surface area (Å²) in [5.74, 6) is 0.451. The summed E-state index contributed by atoms with van der Waals surface area (Å²) < 4.78 is 18.1. The van der Waals surface area contributed by atoms with Gasteiger partial charge in [0.05, 0.1) is 39.2 Å². The van der Waals surface area contributed by atoms with E-state index in [0.717, 1.165) is 13.1 Å². The number of benzene rings is 1. The van der Waals surface area contributed by atoms with Crippen LogP contribution in [0.2, 0.25) is 5.02 Å². The highest BCUT2D eigenvalue weighted by molar-refractivity contribution is 7.85. The van der Waals surface area contributed by atoms with Gasteiger partial charge in [-0.05, 0) is 32.0 Å². The predicted octanol–water partition coefficient (Wildman–Crippen LogP) is 2.14. The molecule has 1 aromatic rings. The molecule has 1 aliphatic rings. The normalized spacial score (nSPS) is 22.1. The van der Waals surface area contributed by atoms with Gasteiger partial charge in [-0.25, -0.2) is 0 Å². The van der Waals surface area contributed by atoms with E-state index in [1.54, 1.807) is 18.2 Å². The fraction of sp³-hybridized carbons (Fsp3) is 0.571. The minimum atomic E-state index is -1.19. The number of ether oxygens (including phenoxy) is 1. The highest BCUT2D eigenvalue weighted by atomic mass is 35.5. The molecule has 1 heterocycles. The van der Waals surface area contributed by atoms with Crippen molar-refractivity contribution in [3.05, 3.63) is 23.2 Å². The molecule has 4 nitrogen and oxygen atoms in total. The van der Waals surface area contributed by atoms with Gasteiger partial charge in [0, 0.05) is 24.8 Å². The van der Waals surface area contributed by atoms with E-state index in [9.17, 15) is 4.21 Å². The molecule has 2 N–H and O–H groups in total. The Balaban J connectivity index is 2.02. The van der Waals surface area contributed by atoms with Crippen molar-refractivity contribution >= 4 is 28.1 Å². The Morgan fingerprint density at radius 1 is 1.55 bits per heavy atom. The SMILES string of the molecule is CC(C)N1CCOC(CS(=O)c2cc(N)ccc2Cl)C1. The minimum absolute atomic E-state index is 0.0236. The first-order valence-corrected chi connectivity index (χ1v) is 8.46. The second-order valence-electron chi connectivity index (χ2n) is 5.28. The predicted molar refractivity (Wildman–Crippen MR) is 83.6 cm³/mol. The third-order valence-electron chi connectivity index (χ3n) is 3.44. The van der Waals surface area contributed by atoms with Crippen LogP contribution in [0.3, 0.4) is 0 Å². The van der Waals surface area contributed by atoms with Crippen molar-refractivity contribution in [2.24, 2.45) is 0 Å². The fourth-order valence-electron chi connectivity index (χ4n) is 2.27. The summed E-state index contributed by atoms with van der Waals surface area (Å²) in [7, 11) is -1.19. The van der Waals surface area contributed by atoms with Crippen molar-refractivity contribution < 1.29 is 8.95 Å². The van der Waals surface area contributed by atoms with Crippen molar-refractivity contribution in [3.8, 4) is 0 Å². The van der Waals surface area contributed by atoms with E-state index in [-0.39, 0.29) is 6.10 Å². The maximum absolute atomic E-state index is 12.4. The number of anilines is 1. The molecular formula is C14H21ClN2O2S. The number of hydrogen-bond donors (Lipinski definition) is 1. The van der Waals surface area contributed by atoms with Gasteiger partial charge in [-0.1, -0.05) is 11.6 Å². The molecule has 0 radical (unpaired) electrons. The Hall–Kier alpha value is -0.620. The van der Waals surface area contributed by atoms with Crippen molar-refractivity contribution in [2.75, 3.05) is 31.2 Å². The van der Waals surface area contributed by atoms with Crippen LogP contribution in [0.4, 0.5) is 5.69 Å². The molecule has 1 aromatic carbocycles. The van der Waals surface area contributed by atoms with E-state index in [0.29, 0.717) is 34.0 Å². The van der Waals surface area contributed by atoms with E-state index in [4.69, 9.17) is 22.1 Å². The second-order valence-corrected chi connectivity index (χ2v) is 7.15. The molecule has 2 unspecified atom stereocenters. The molecule has 1 aliphatic heterocycles. The second kappa shape index (κ2) is 6.89. The standard InChI is InChI=1S/C14H21ClN2O2S/c1-10(2)17-5-6-19-12(8-17)9-20(18)14-7-11(16)3-4-13(14)15/h3-4,7,10,12H,5-6,8-9,16H2,1-2H3. The molecule has 6 heteroatoms. The Kier molecular flexibility index (Phi) is 5.43. The van der Waals surface area contributed by atoms with E-state index in [1.165, 1.54) is 0 Å². The molecule has 2 rings (SSSR count). The number of halogens is 1. The topological polar surface area (TPSA) is 55.6 Å². The molecule has 0 aliphatic carbocycles. The summed E-state index contributed by atoms with van der Waals surface area (Å²) >= 11 is 6.09.